The zero-order valence-corrected chi connectivity index (χ0v) is 16.9. The Labute approximate surface area is 166 Å². The number of amides is 1. The molecule has 28 heavy (non-hydrogen) atoms. The molecule has 0 aliphatic carbocycles. The third-order valence-corrected chi connectivity index (χ3v) is 5.76. The average molecular weight is 407 g/mol. The second kappa shape index (κ2) is 10.7. The molecule has 2 aromatic rings. The van der Waals surface area contributed by atoms with Gasteiger partial charge in [0.15, 0.2) is 6.61 Å². The lowest BCUT2D eigenvalue weighted by Crippen LogP contribution is -2.30. The van der Waals surface area contributed by atoms with E-state index in [0.29, 0.717) is 31.2 Å². The first-order valence-electron chi connectivity index (χ1n) is 9.06. The van der Waals surface area contributed by atoms with Crippen LogP contribution in [0.1, 0.15) is 13.3 Å². The van der Waals surface area contributed by atoms with Crippen LogP contribution in [-0.2, 0) is 19.6 Å². The fourth-order valence-electron chi connectivity index (χ4n) is 2.39. The van der Waals surface area contributed by atoms with Crippen LogP contribution >= 0.6 is 0 Å². The number of ether oxygens (including phenoxy) is 2. The van der Waals surface area contributed by atoms with Crippen molar-refractivity contribution in [3.63, 3.8) is 0 Å². The van der Waals surface area contributed by atoms with Crippen molar-refractivity contribution in [2.24, 2.45) is 0 Å². The largest absolute Gasteiger partial charge is 0.484 e. The number of sulfonamides is 1. The van der Waals surface area contributed by atoms with Crippen molar-refractivity contribution >= 4 is 21.6 Å². The summed E-state index contributed by atoms with van der Waals surface area (Å²) in [5, 5.41) is 2.75. The van der Waals surface area contributed by atoms with Crippen LogP contribution in [0.5, 0.6) is 5.75 Å². The minimum Gasteiger partial charge on any atom is -0.484 e. The zero-order chi connectivity index (χ0) is 20.4. The van der Waals surface area contributed by atoms with Crippen molar-refractivity contribution in [1.82, 2.24) is 5.32 Å². The van der Waals surface area contributed by atoms with E-state index in [2.05, 4.69) is 5.32 Å². The maximum absolute atomic E-state index is 12.6. The van der Waals surface area contributed by atoms with Gasteiger partial charge in [-0.3, -0.25) is 9.10 Å². The molecule has 0 fully saturated rings. The summed E-state index contributed by atoms with van der Waals surface area (Å²) in [4.78, 5) is 12.0. The topological polar surface area (TPSA) is 84.9 Å². The first kappa shape index (κ1) is 21.7. The number of benzene rings is 2. The Balaban J connectivity index is 1.87. The van der Waals surface area contributed by atoms with E-state index in [9.17, 15) is 13.2 Å². The van der Waals surface area contributed by atoms with Gasteiger partial charge in [-0.25, -0.2) is 8.42 Å². The van der Waals surface area contributed by atoms with Gasteiger partial charge in [0.1, 0.15) is 5.75 Å². The SMILES string of the molecule is CCOCCCNC(=O)COc1ccc(N(C)S(=O)(=O)c2ccccc2)cc1. The van der Waals surface area contributed by atoms with Crippen molar-refractivity contribution in [2.45, 2.75) is 18.2 Å². The van der Waals surface area contributed by atoms with E-state index in [-0.39, 0.29) is 17.4 Å². The highest BCUT2D eigenvalue weighted by Crippen LogP contribution is 2.24. The Morgan fingerprint density at radius 1 is 1.07 bits per heavy atom. The molecule has 0 aromatic heterocycles. The number of rotatable bonds is 11. The maximum atomic E-state index is 12.6. The predicted octanol–water partition coefficient (Wildman–Crippen LogP) is 2.43. The van der Waals surface area contributed by atoms with Crippen molar-refractivity contribution in [2.75, 3.05) is 37.7 Å². The molecule has 0 saturated carbocycles. The Morgan fingerprint density at radius 2 is 1.75 bits per heavy atom. The molecule has 7 nitrogen and oxygen atoms in total. The molecular weight excluding hydrogens is 380 g/mol. The van der Waals surface area contributed by atoms with Crippen molar-refractivity contribution in [1.29, 1.82) is 0 Å². The molecule has 0 atom stereocenters. The molecule has 2 rings (SSSR count). The van der Waals surface area contributed by atoms with Gasteiger partial charge in [0.25, 0.3) is 15.9 Å². The standard InChI is InChI=1S/C20H26N2O5S/c1-3-26-15-7-14-21-20(23)16-27-18-12-10-17(11-13-18)22(2)28(24,25)19-8-5-4-6-9-19/h4-6,8-13H,3,7,14-16H2,1-2H3,(H,21,23). The highest BCUT2D eigenvalue weighted by molar-refractivity contribution is 7.92. The molecule has 2 aromatic carbocycles. The molecule has 8 heteroatoms. The minimum absolute atomic E-state index is 0.105. The van der Waals surface area contributed by atoms with E-state index in [1.165, 1.54) is 11.4 Å². The summed E-state index contributed by atoms with van der Waals surface area (Å²) < 4.78 is 37.1. The smallest absolute Gasteiger partial charge is 0.264 e. The average Bonchev–Trinajstić information content (AvgIpc) is 2.72. The molecule has 152 valence electrons. The van der Waals surface area contributed by atoms with Crippen LogP contribution in [-0.4, -0.2) is 47.7 Å². The third kappa shape index (κ3) is 6.24. The number of nitrogens with zero attached hydrogens (tertiary/aromatic N) is 1. The quantitative estimate of drug-likeness (QED) is 0.580. The Bertz CT molecular complexity index is 839. The fraction of sp³-hybridized carbons (Fsp3) is 0.350. The minimum atomic E-state index is -3.63. The van der Waals surface area contributed by atoms with Crippen LogP contribution in [0.2, 0.25) is 0 Å². The lowest BCUT2D eigenvalue weighted by Gasteiger charge is -2.19. The van der Waals surface area contributed by atoms with E-state index in [4.69, 9.17) is 9.47 Å². The van der Waals surface area contributed by atoms with Gasteiger partial charge in [0, 0.05) is 26.8 Å². The summed E-state index contributed by atoms with van der Waals surface area (Å²) in [6.07, 6.45) is 0.747. The van der Waals surface area contributed by atoms with Gasteiger partial charge in [-0.15, -0.1) is 0 Å². The monoisotopic (exact) mass is 406 g/mol. The van der Waals surface area contributed by atoms with Crippen LogP contribution in [0.15, 0.2) is 59.5 Å². The number of hydrogen-bond donors (Lipinski definition) is 1. The Morgan fingerprint density at radius 3 is 2.39 bits per heavy atom. The number of nitrogens with one attached hydrogen (secondary N) is 1. The molecular formula is C20H26N2O5S. The van der Waals surface area contributed by atoms with E-state index in [1.54, 1.807) is 54.6 Å². The second-order valence-electron chi connectivity index (χ2n) is 5.97. The van der Waals surface area contributed by atoms with Gasteiger partial charge in [-0.1, -0.05) is 18.2 Å². The van der Waals surface area contributed by atoms with Crippen molar-refractivity contribution in [3.8, 4) is 5.75 Å². The fourth-order valence-corrected chi connectivity index (χ4v) is 3.60. The Kier molecular flexibility index (Phi) is 8.28. The first-order chi connectivity index (χ1) is 13.4. The summed E-state index contributed by atoms with van der Waals surface area (Å²) in [5.74, 6) is 0.267. The lowest BCUT2D eigenvalue weighted by atomic mass is 10.3. The van der Waals surface area contributed by atoms with Gasteiger partial charge >= 0.3 is 0 Å². The van der Waals surface area contributed by atoms with Gasteiger partial charge in [-0.2, -0.15) is 0 Å². The molecule has 0 spiro atoms. The van der Waals surface area contributed by atoms with E-state index >= 15 is 0 Å². The summed E-state index contributed by atoms with van der Waals surface area (Å²) in [6, 6.07) is 14.8. The molecule has 1 amide bonds. The predicted molar refractivity (Wildman–Crippen MR) is 108 cm³/mol. The summed E-state index contributed by atoms with van der Waals surface area (Å²) >= 11 is 0. The summed E-state index contributed by atoms with van der Waals surface area (Å²) in [5.41, 5.74) is 0.497. The molecule has 0 saturated heterocycles. The van der Waals surface area contributed by atoms with E-state index in [1.807, 2.05) is 6.92 Å². The zero-order valence-electron chi connectivity index (χ0n) is 16.1. The highest BCUT2D eigenvalue weighted by Gasteiger charge is 2.20. The van der Waals surface area contributed by atoms with Crippen LogP contribution < -0.4 is 14.4 Å². The number of hydrogen-bond acceptors (Lipinski definition) is 5. The number of anilines is 1. The van der Waals surface area contributed by atoms with E-state index < -0.39 is 10.0 Å². The molecule has 0 aliphatic rings. The van der Waals surface area contributed by atoms with Gasteiger partial charge < -0.3 is 14.8 Å². The van der Waals surface area contributed by atoms with Crippen molar-refractivity contribution < 1.29 is 22.7 Å². The highest BCUT2D eigenvalue weighted by atomic mass is 32.2. The summed E-state index contributed by atoms with van der Waals surface area (Å²) in [6.45, 7) is 3.62. The second-order valence-corrected chi connectivity index (χ2v) is 7.94. The third-order valence-electron chi connectivity index (χ3n) is 3.96. The van der Waals surface area contributed by atoms with E-state index in [0.717, 1.165) is 6.42 Å². The normalized spacial score (nSPS) is 11.1. The molecule has 0 radical (unpaired) electrons. The maximum Gasteiger partial charge on any atom is 0.264 e. The van der Waals surface area contributed by atoms with Crippen LogP contribution in [0.25, 0.3) is 0 Å². The van der Waals surface area contributed by atoms with Crippen LogP contribution in [0, 0.1) is 0 Å². The molecule has 0 heterocycles. The Hall–Kier alpha value is -2.58. The summed E-state index contributed by atoms with van der Waals surface area (Å²) in [7, 11) is -2.14. The molecule has 0 aliphatic heterocycles. The number of carbonyl (C=O) groups is 1. The van der Waals surface area contributed by atoms with Crippen LogP contribution in [0.4, 0.5) is 5.69 Å². The van der Waals surface area contributed by atoms with Crippen LogP contribution in [0.3, 0.4) is 0 Å². The molecule has 0 bridgehead atoms. The van der Waals surface area contributed by atoms with Gasteiger partial charge in [0.2, 0.25) is 0 Å². The lowest BCUT2D eigenvalue weighted by molar-refractivity contribution is -0.123. The molecule has 1 N–H and O–H groups in total. The first-order valence-corrected chi connectivity index (χ1v) is 10.5. The van der Waals surface area contributed by atoms with Crippen molar-refractivity contribution in [3.05, 3.63) is 54.6 Å². The van der Waals surface area contributed by atoms with Gasteiger partial charge in [-0.05, 0) is 49.7 Å². The van der Waals surface area contributed by atoms with Gasteiger partial charge in [0.05, 0.1) is 10.6 Å². The number of carbonyl (C=O) groups excluding carboxylic acids is 1. The molecule has 0 unspecified atom stereocenters.